The van der Waals surface area contributed by atoms with Gasteiger partial charge in [0.25, 0.3) is 10.0 Å². The zero-order valence-electron chi connectivity index (χ0n) is 15.8. The van der Waals surface area contributed by atoms with E-state index >= 15 is 0 Å². The van der Waals surface area contributed by atoms with E-state index < -0.39 is 10.0 Å². The molecule has 1 aromatic heterocycles. The molecule has 0 aliphatic heterocycles. The van der Waals surface area contributed by atoms with Gasteiger partial charge in [0, 0.05) is 22.0 Å². The first-order valence-electron chi connectivity index (χ1n) is 8.28. The number of nitrogens with zero attached hydrogens (tertiary/aromatic N) is 1. The molecule has 0 bridgehead atoms. The quantitative estimate of drug-likeness (QED) is 0.577. The second-order valence-electron chi connectivity index (χ2n) is 5.96. The summed E-state index contributed by atoms with van der Waals surface area (Å²) in [5.74, 6) is 0.823. The van der Waals surface area contributed by atoms with E-state index in [9.17, 15) is 8.42 Å². The molecule has 0 spiro atoms. The molecule has 148 valence electrons. The number of aryl methyl sites for hydroxylation is 2. The number of sulfonamides is 1. The Balaban J connectivity index is 1.82. The summed E-state index contributed by atoms with van der Waals surface area (Å²) in [6, 6.07) is 10.1. The number of rotatable bonds is 7. The zero-order valence-corrected chi connectivity index (χ0v) is 18.3. The molecule has 0 aliphatic rings. The van der Waals surface area contributed by atoms with E-state index in [1.807, 2.05) is 31.4 Å². The largest absolute Gasteiger partial charge is 0.493 e. The lowest BCUT2D eigenvalue weighted by Gasteiger charge is -2.13. The maximum atomic E-state index is 12.8. The second-order valence-corrected chi connectivity index (χ2v) is 9.82. The summed E-state index contributed by atoms with van der Waals surface area (Å²) in [6.45, 7) is 3.82. The zero-order chi connectivity index (χ0) is 20.3. The van der Waals surface area contributed by atoms with Crippen molar-refractivity contribution in [2.75, 3.05) is 18.9 Å². The number of nitrogens with one attached hydrogen (secondary N) is 1. The van der Waals surface area contributed by atoms with Crippen LogP contribution in [0, 0.1) is 13.8 Å². The summed E-state index contributed by atoms with van der Waals surface area (Å²) in [7, 11) is -0.800. The Kier molecular flexibility index (Phi) is 6.17. The van der Waals surface area contributed by atoms with Gasteiger partial charge in [0.2, 0.25) is 0 Å². The van der Waals surface area contributed by atoms with Crippen LogP contribution >= 0.6 is 23.1 Å². The molecular weight excluding hydrogens is 416 g/mol. The number of ether oxygens (including phenoxy) is 2. The predicted octanol–water partition coefficient (Wildman–Crippen LogP) is 4.73. The normalized spacial score (nSPS) is 11.3. The third-order valence-corrected chi connectivity index (χ3v) is 7.32. The van der Waals surface area contributed by atoms with Gasteiger partial charge in [-0.1, -0.05) is 11.8 Å². The Morgan fingerprint density at radius 2 is 1.79 bits per heavy atom. The lowest BCUT2D eigenvalue weighted by molar-refractivity contribution is 0.354. The highest BCUT2D eigenvalue weighted by Crippen LogP contribution is 2.34. The maximum absolute atomic E-state index is 12.8. The molecule has 1 N–H and O–H groups in total. The first-order valence-corrected chi connectivity index (χ1v) is 11.5. The van der Waals surface area contributed by atoms with Crippen LogP contribution in [0.4, 0.5) is 5.69 Å². The van der Waals surface area contributed by atoms with Crippen molar-refractivity contribution in [3.8, 4) is 11.5 Å². The molecule has 0 fully saturated rings. The summed E-state index contributed by atoms with van der Waals surface area (Å²) >= 11 is 3.14. The second kappa shape index (κ2) is 8.42. The van der Waals surface area contributed by atoms with Crippen molar-refractivity contribution in [2.24, 2.45) is 0 Å². The van der Waals surface area contributed by atoms with Crippen LogP contribution in [0.2, 0.25) is 0 Å². The molecule has 0 unspecified atom stereocenters. The average molecular weight is 437 g/mol. The fraction of sp³-hybridized carbons (Fsp3) is 0.211. The van der Waals surface area contributed by atoms with E-state index in [0.717, 1.165) is 20.5 Å². The molecule has 3 aromatic rings. The first-order chi connectivity index (χ1) is 13.3. The van der Waals surface area contributed by atoms with Crippen molar-refractivity contribution < 1.29 is 17.9 Å². The van der Waals surface area contributed by atoms with Crippen molar-refractivity contribution in [3.05, 3.63) is 53.0 Å². The fourth-order valence-electron chi connectivity index (χ4n) is 2.48. The molecule has 0 saturated carbocycles. The standard InChI is InChI=1S/C19H20N2O4S3/c1-12-9-14(27-19-20-13(2)11-26-19)5-7-16(12)21-28(22,23)15-6-8-17(24-3)18(10-15)25-4/h5-11,21H,1-4H3. The molecule has 6 nitrogen and oxygen atoms in total. The summed E-state index contributed by atoms with van der Waals surface area (Å²) in [5.41, 5.74) is 2.33. The summed E-state index contributed by atoms with van der Waals surface area (Å²) in [4.78, 5) is 5.53. The lowest BCUT2D eigenvalue weighted by Crippen LogP contribution is -2.14. The van der Waals surface area contributed by atoms with Gasteiger partial charge in [-0.2, -0.15) is 0 Å². The molecule has 1 heterocycles. The molecule has 0 saturated heterocycles. The van der Waals surface area contributed by atoms with Crippen LogP contribution in [-0.2, 0) is 10.0 Å². The van der Waals surface area contributed by atoms with E-state index in [1.54, 1.807) is 35.2 Å². The molecule has 0 radical (unpaired) electrons. The topological polar surface area (TPSA) is 77.5 Å². The average Bonchev–Trinajstić information content (AvgIpc) is 3.08. The number of thiazole rings is 1. The van der Waals surface area contributed by atoms with Crippen LogP contribution < -0.4 is 14.2 Å². The maximum Gasteiger partial charge on any atom is 0.262 e. The Morgan fingerprint density at radius 3 is 2.39 bits per heavy atom. The number of hydrogen-bond acceptors (Lipinski definition) is 7. The molecule has 9 heteroatoms. The minimum atomic E-state index is -3.76. The van der Waals surface area contributed by atoms with Crippen molar-refractivity contribution in [2.45, 2.75) is 28.0 Å². The van der Waals surface area contributed by atoms with Crippen molar-refractivity contribution in [1.29, 1.82) is 0 Å². The Hall–Kier alpha value is -2.23. The smallest absolute Gasteiger partial charge is 0.262 e. The van der Waals surface area contributed by atoms with Gasteiger partial charge in [0.15, 0.2) is 15.8 Å². The van der Waals surface area contributed by atoms with Crippen LogP contribution in [0.1, 0.15) is 11.3 Å². The van der Waals surface area contributed by atoms with Gasteiger partial charge in [-0.25, -0.2) is 13.4 Å². The van der Waals surface area contributed by atoms with Gasteiger partial charge in [-0.15, -0.1) is 11.3 Å². The number of methoxy groups -OCH3 is 2. The first kappa shape index (κ1) is 20.5. The minimum Gasteiger partial charge on any atom is -0.493 e. The van der Waals surface area contributed by atoms with Gasteiger partial charge in [0.05, 0.1) is 24.8 Å². The van der Waals surface area contributed by atoms with Crippen LogP contribution in [-0.4, -0.2) is 27.6 Å². The summed E-state index contributed by atoms with van der Waals surface area (Å²) in [5, 5.41) is 2.00. The predicted molar refractivity (Wildman–Crippen MR) is 113 cm³/mol. The Bertz CT molecular complexity index is 1090. The minimum absolute atomic E-state index is 0.0984. The monoisotopic (exact) mass is 436 g/mol. The number of benzene rings is 2. The van der Waals surface area contributed by atoms with Gasteiger partial charge in [0.1, 0.15) is 0 Å². The number of anilines is 1. The molecule has 3 rings (SSSR count). The highest BCUT2D eigenvalue weighted by atomic mass is 32.2. The van der Waals surface area contributed by atoms with Gasteiger partial charge >= 0.3 is 0 Å². The third kappa shape index (κ3) is 4.60. The van der Waals surface area contributed by atoms with Crippen molar-refractivity contribution in [3.63, 3.8) is 0 Å². The van der Waals surface area contributed by atoms with Crippen molar-refractivity contribution >= 4 is 38.8 Å². The van der Waals surface area contributed by atoms with Gasteiger partial charge in [-0.05, 0) is 49.7 Å². The number of aromatic nitrogens is 1. The van der Waals surface area contributed by atoms with Gasteiger partial charge in [-0.3, -0.25) is 4.72 Å². The van der Waals surface area contributed by atoms with Crippen LogP contribution in [0.15, 0.2) is 55.9 Å². The highest BCUT2D eigenvalue weighted by molar-refractivity contribution is 8.01. The van der Waals surface area contributed by atoms with Crippen molar-refractivity contribution in [1.82, 2.24) is 4.98 Å². The molecule has 2 aromatic carbocycles. The molecule has 0 aliphatic carbocycles. The Morgan fingerprint density at radius 1 is 1.04 bits per heavy atom. The van der Waals surface area contributed by atoms with Crippen LogP contribution in [0.25, 0.3) is 0 Å². The number of hydrogen-bond donors (Lipinski definition) is 1. The summed E-state index contributed by atoms with van der Waals surface area (Å²) < 4.78 is 39.5. The van der Waals surface area contributed by atoms with E-state index in [-0.39, 0.29) is 4.90 Å². The fourth-order valence-corrected chi connectivity index (χ4v) is 5.54. The third-order valence-electron chi connectivity index (χ3n) is 3.91. The molecule has 0 amide bonds. The summed E-state index contributed by atoms with van der Waals surface area (Å²) in [6.07, 6.45) is 0. The van der Waals surface area contributed by atoms with Crippen LogP contribution in [0.3, 0.4) is 0 Å². The van der Waals surface area contributed by atoms with Gasteiger partial charge < -0.3 is 9.47 Å². The van der Waals surface area contributed by atoms with Crippen LogP contribution in [0.5, 0.6) is 11.5 Å². The van der Waals surface area contributed by atoms with E-state index in [1.165, 1.54) is 26.4 Å². The molecular formula is C19H20N2O4S3. The SMILES string of the molecule is COc1ccc(S(=O)(=O)Nc2ccc(Sc3nc(C)cs3)cc2C)cc1OC. The van der Waals surface area contributed by atoms with E-state index in [0.29, 0.717) is 17.2 Å². The molecule has 0 atom stereocenters. The molecule has 28 heavy (non-hydrogen) atoms. The van der Waals surface area contributed by atoms with E-state index in [4.69, 9.17) is 9.47 Å². The van der Waals surface area contributed by atoms with E-state index in [2.05, 4.69) is 9.71 Å². The Labute approximate surface area is 173 Å². The lowest BCUT2D eigenvalue weighted by atomic mass is 10.2. The highest BCUT2D eigenvalue weighted by Gasteiger charge is 2.18.